The molecule has 0 radical (unpaired) electrons. The lowest BCUT2D eigenvalue weighted by Crippen LogP contribution is -2.11. The van der Waals surface area contributed by atoms with E-state index in [1.807, 2.05) is 6.07 Å². The van der Waals surface area contributed by atoms with Gasteiger partial charge in [-0.15, -0.1) is 0 Å². The van der Waals surface area contributed by atoms with Crippen molar-refractivity contribution in [3.63, 3.8) is 0 Å². The molecule has 0 aliphatic rings. The summed E-state index contributed by atoms with van der Waals surface area (Å²) in [5.74, 6) is 0.549. The van der Waals surface area contributed by atoms with E-state index in [4.69, 9.17) is 28.0 Å². The molecule has 2 aromatic rings. The molecule has 9 nitrogen and oxygen atoms in total. The molecule has 2 rings (SSSR count). The lowest BCUT2D eigenvalue weighted by atomic mass is 10.2. The van der Waals surface area contributed by atoms with Gasteiger partial charge < -0.3 is 28.0 Å². The molecule has 162 valence electrons. The summed E-state index contributed by atoms with van der Waals surface area (Å²) >= 11 is 0. The molecule has 1 aromatic carbocycles. The van der Waals surface area contributed by atoms with Crippen LogP contribution in [0.5, 0.6) is 11.8 Å². The predicted molar refractivity (Wildman–Crippen MR) is 109 cm³/mol. The maximum absolute atomic E-state index is 12.8. The molecular formula is C19H29N2O7P. The Morgan fingerprint density at radius 2 is 1.38 bits per heavy atom. The summed E-state index contributed by atoms with van der Waals surface area (Å²) in [6.45, 7) is 5.64. The van der Waals surface area contributed by atoms with Crippen LogP contribution in [0.4, 0.5) is 0 Å². The average Bonchev–Trinajstić information content (AvgIpc) is 2.69. The van der Waals surface area contributed by atoms with Gasteiger partial charge in [0.2, 0.25) is 0 Å². The Hall–Kier alpha value is -1.77. The minimum Gasteiger partial charge on any atom is -0.471 e. The number of benzene rings is 1. The second kappa shape index (κ2) is 12.0. The first-order chi connectivity index (χ1) is 14.0. The summed E-state index contributed by atoms with van der Waals surface area (Å²) in [6, 6.07) is 5.42. The van der Waals surface area contributed by atoms with E-state index in [0.29, 0.717) is 50.7 Å². The van der Waals surface area contributed by atoms with Crippen molar-refractivity contribution >= 4 is 18.6 Å². The van der Waals surface area contributed by atoms with Crippen LogP contribution in [-0.4, -0.2) is 63.8 Å². The minimum absolute atomic E-state index is 0.151. The van der Waals surface area contributed by atoms with E-state index in [9.17, 15) is 4.57 Å². The van der Waals surface area contributed by atoms with Crippen molar-refractivity contribution in [3.05, 3.63) is 23.8 Å². The number of fused-ring (bicyclic) bond motifs is 1. The molecule has 29 heavy (non-hydrogen) atoms. The van der Waals surface area contributed by atoms with E-state index >= 15 is 0 Å². The molecule has 0 saturated heterocycles. The third kappa shape index (κ3) is 7.21. The highest BCUT2D eigenvalue weighted by Crippen LogP contribution is 2.51. The molecule has 1 heterocycles. The smallest absolute Gasteiger partial charge is 0.335 e. The van der Waals surface area contributed by atoms with Crippen LogP contribution in [0, 0.1) is 0 Å². The molecule has 0 aliphatic heterocycles. The second-order valence-corrected chi connectivity index (χ2v) is 8.00. The fraction of sp³-hybridized carbons (Fsp3) is 0.579. The number of hydrogen-bond acceptors (Lipinski definition) is 9. The molecule has 0 bridgehead atoms. The lowest BCUT2D eigenvalue weighted by Gasteiger charge is -2.17. The standard InChI is InChI=1S/C19H29N2O7P/c1-5-27-29(22,28-6-2)14-15-7-8-16-17(13-15)21-19(26-12-10-24-4)18(20-16)25-11-9-23-3/h7-8,13H,5-6,9-12,14H2,1-4H3. The summed E-state index contributed by atoms with van der Waals surface area (Å²) in [6.07, 6.45) is 0.151. The van der Waals surface area contributed by atoms with Crippen molar-refractivity contribution in [1.82, 2.24) is 9.97 Å². The highest BCUT2D eigenvalue weighted by atomic mass is 31.2. The summed E-state index contributed by atoms with van der Waals surface area (Å²) in [7, 11) is -0.0319. The molecule has 1 aromatic heterocycles. The Kier molecular flexibility index (Phi) is 9.76. The van der Waals surface area contributed by atoms with Crippen LogP contribution in [0.1, 0.15) is 19.4 Å². The van der Waals surface area contributed by atoms with Crippen LogP contribution in [0.3, 0.4) is 0 Å². The molecule has 0 amide bonds. The Morgan fingerprint density at radius 1 is 0.828 bits per heavy atom. The van der Waals surface area contributed by atoms with Crippen molar-refractivity contribution < 1.29 is 32.6 Å². The maximum atomic E-state index is 12.8. The maximum Gasteiger partial charge on any atom is 0.335 e. The predicted octanol–water partition coefficient (Wildman–Crippen LogP) is 3.45. The molecule has 0 fully saturated rings. The number of methoxy groups -OCH3 is 2. The van der Waals surface area contributed by atoms with Gasteiger partial charge in [-0.1, -0.05) is 6.07 Å². The molecule has 0 N–H and O–H groups in total. The molecule has 0 atom stereocenters. The summed E-state index contributed by atoms with van der Waals surface area (Å²) in [4.78, 5) is 9.03. The zero-order valence-corrected chi connectivity index (χ0v) is 18.3. The minimum atomic E-state index is -3.22. The van der Waals surface area contributed by atoms with Crippen LogP contribution in [0.2, 0.25) is 0 Å². The third-order valence-electron chi connectivity index (χ3n) is 3.75. The monoisotopic (exact) mass is 428 g/mol. The van der Waals surface area contributed by atoms with Gasteiger partial charge >= 0.3 is 7.60 Å². The summed E-state index contributed by atoms with van der Waals surface area (Å²) in [5.41, 5.74) is 1.99. The van der Waals surface area contributed by atoms with Gasteiger partial charge in [0.15, 0.2) is 0 Å². The Bertz CT molecular complexity index is 808. The fourth-order valence-corrected chi connectivity index (χ4v) is 4.23. The van der Waals surface area contributed by atoms with E-state index in [-0.39, 0.29) is 17.9 Å². The van der Waals surface area contributed by atoms with Gasteiger partial charge in [0.1, 0.15) is 13.2 Å². The van der Waals surface area contributed by atoms with E-state index in [2.05, 4.69) is 9.97 Å². The first-order valence-corrected chi connectivity index (χ1v) is 11.2. The van der Waals surface area contributed by atoms with Gasteiger partial charge in [0.25, 0.3) is 11.8 Å². The van der Waals surface area contributed by atoms with Crippen LogP contribution in [-0.2, 0) is 29.2 Å². The van der Waals surface area contributed by atoms with Crippen molar-refractivity contribution in [2.45, 2.75) is 20.0 Å². The average molecular weight is 428 g/mol. The van der Waals surface area contributed by atoms with E-state index in [1.54, 1.807) is 40.2 Å². The van der Waals surface area contributed by atoms with Gasteiger partial charge in [0, 0.05) is 14.2 Å². The van der Waals surface area contributed by atoms with Crippen molar-refractivity contribution in [3.8, 4) is 11.8 Å². The van der Waals surface area contributed by atoms with Crippen molar-refractivity contribution in [1.29, 1.82) is 0 Å². The summed E-state index contributed by atoms with van der Waals surface area (Å²) in [5, 5.41) is 0. The molecule has 0 saturated carbocycles. The molecule has 10 heteroatoms. The third-order valence-corrected chi connectivity index (χ3v) is 5.80. The fourth-order valence-electron chi connectivity index (χ4n) is 2.54. The van der Waals surface area contributed by atoms with Gasteiger partial charge in [-0.05, 0) is 31.5 Å². The number of aromatic nitrogens is 2. The van der Waals surface area contributed by atoms with Gasteiger partial charge in [0.05, 0.1) is 43.6 Å². The zero-order valence-electron chi connectivity index (χ0n) is 17.4. The largest absolute Gasteiger partial charge is 0.471 e. The second-order valence-electron chi connectivity index (χ2n) is 5.94. The quantitative estimate of drug-likeness (QED) is 0.331. The molecule has 0 unspecified atom stereocenters. The van der Waals surface area contributed by atoms with Crippen molar-refractivity contribution in [2.24, 2.45) is 0 Å². The topological polar surface area (TPSA) is 98.2 Å². The van der Waals surface area contributed by atoms with Crippen LogP contribution < -0.4 is 9.47 Å². The number of hydrogen-bond donors (Lipinski definition) is 0. The van der Waals surface area contributed by atoms with Gasteiger partial charge in [-0.3, -0.25) is 4.57 Å². The van der Waals surface area contributed by atoms with E-state index < -0.39 is 7.60 Å². The Morgan fingerprint density at radius 3 is 1.90 bits per heavy atom. The van der Waals surface area contributed by atoms with Crippen molar-refractivity contribution in [2.75, 3.05) is 53.9 Å². The lowest BCUT2D eigenvalue weighted by molar-refractivity contribution is 0.127. The number of ether oxygens (including phenoxy) is 4. The first kappa shape index (κ1) is 23.5. The Labute approximate surface area is 171 Å². The first-order valence-electron chi connectivity index (χ1n) is 9.47. The normalized spacial score (nSPS) is 11.7. The zero-order chi connectivity index (χ0) is 21.1. The molecular weight excluding hydrogens is 399 g/mol. The van der Waals surface area contributed by atoms with Gasteiger partial charge in [-0.2, -0.15) is 0 Å². The highest BCUT2D eigenvalue weighted by molar-refractivity contribution is 7.53. The highest BCUT2D eigenvalue weighted by Gasteiger charge is 2.24. The number of nitrogens with zero attached hydrogens (tertiary/aromatic N) is 2. The van der Waals surface area contributed by atoms with Crippen LogP contribution >= 0.6 is 7.60 Å². The Balaban J connectivity index is 2.31. The van der Waals surface area contributed by atoms with Crippen LogP contribution in [0.25, 0.3) is 11.0 Å². The van der Waals surface area contributed by atoms with E-state index in [0.717, 1.165) is 5.56 Å². The molecule has 0 spiro atoms. The van der Waals surface area contributed by atoms with Gasteiger partial charge in [-0.25, -0.2) is 9.97 Å². The van der Waals surface area contributed by atoms with E-state index in [1.165, 1.54) is 0 Å². The summed E-state index contributed by atoms with van der Waals surface area (Å²) < 4.78 is 44.9. The van der Waals surface area contributed by atoms with Crippen LogP contribution in [0.15, 0.2) is 18.2 Å². The SMILES string of the molecule is CCOP(=O)(Cc1ccc2nc(OCCOC)c(OCCOC)nc2c1)OCC. The number of rotatable bonds is 14. The molecule has 0 aliphatic carbocycles.